The van der Waals surface area contributed by atoms with Gasteiger partial charge in [0.2, 0.25) is 0 Å². The molecule has 9 heteroatoms. The molecule has 0 bridgehead atoms. The topological polar surface area (TPSA) is 92.9 Å². The Labute approximate surface area is 216 Å². The minimum atomic E-state index is -0.349. The number of aromatic nitrogens is 1. The van der Waals surface area contributed by atoms with E-state index >= 15 is 0 Å². The van der Waals surface area contributed by atoms with Gasteiger partial charge >= 0.3 is 0 Å². The molecule has 1 unspecified atom stereocenters. The van der Waals surface area contributed by atoms with E-state index < -0.39 is 0 Å². The van der Waals surface area contributed by atoms with E-state index in [0.717, 1.165) is 31.8 Å². The SMILES string of the molecule is COc1cc(C)[nH]c(=O)c1CNC(=O)c1cc(Cl)c2c(c1C)OC(C1CCN(CC3CC3)CC1)CO2. The highest BCUT2D eigenvalue weighted by Gasteiger charge is 2.35. The van der Waals surface area contributed by atoms with E-state index in [4.69, 9.17) is 25.8 Å². The average molecular weight is 516 g/mol. The molecule has 8 nitrogen and oxygen atoms in total. The molecule has 3 heterocycles. The molecule has 0 spiro atoms. The highest BCUT2D eigenvalue weighted by atomic mass is 35.5. The van der Waals surface area contributed by atoms with E-state index in [1.54, 1.807) is 19.1 Å². The van der Waals surface area contributed by atoms with Gasteiger partial charge in [0, 0.05) is 29.3 Å². The zero-order valence-corrected chi connectivity index (χ0v) is 21.9. The number of H-pyrrole nitrogens is 1. The zero-order chi connectivity index (χ0) is 25.4. The summed E-state index contributed by atoms with van der Waals surface area (Å²) in [5.74, 6) is 2.42. The molecular formula is C27H34ClN3O5. The van der Waals surface area contributed by atoms with Crippen LogP contribution < -0.4 is 25.1 Å². The summed E-state index contributed by atoms with van der Waals surface area (Å²) in [6.45, 7) is 7.51. The highest BCUT2D eigenvalue weighted by molar-refractivity contribution is 6.32. The van der Waals surface area contributed by atoms with Crippen molar-refractivity contribution in [3.8, 4) is 17.2 Å². The first-order valence-corrected chi connectivity index (χ1v) is 13.1. The maximum Gasteiger partial charge on any atom is 0.256 e. The number of hydrogen-bond acceptors (Lipinski definition) is 6. The maximum absolute atomic E-state index is 13.1. The van der Waals surface area contributed by atoms with Gasteiger partial charge in [-0.1, -0.05) is 11.6 Å². The molecular weight excluding hydrogens is 482 g/mol. The maximum atomic E-state index is 13.1. The zero-order valence-electron chi connectivity index (χ0n) is 21.1. The summed E-state index contributed by atoms with van der Waals surface area (Å²) in [6, 6.07) is 3.33. The average Bonchev–Trinajstić information content (AvgIpc) is 3.69. The Morgan fingerprint density at radius 3 is 2.64 bits per heavy atom. The quantitative estimate of drug-likeness (QED) is 0.582. The molecule has 2 N–H and O–H groups in total. The van der Waals surface area contributed by atoms with E-state index in [9.17, 15) is 9.59 Å². The van der Waals surface area contributed by atoms with Crippen LogP contribution >= 0.6 is 11.6 Å². The van der Waals surface area contributed by atoms with Crippen molar-refractivity contribution < 1.29 is 19.0 Å². The van der Waals surface area contributed by atoms with Crippen molar-refractivity contribution in [3.05, 3.63) is 49.9 Å². The van der Waals surface area contributed by atoms with Crippen molar-refractivity contribution in [2.45, 2.75) is 52.2 Å². The summed E-state index contributed by atoms with van der Waals surface area (Å²) in [5.41, 5.74) is 1.81. The number of pyridine rings is 1. The van der Waals surface area contributed by atoms with E-state index in [0.29, 0.717) is 57.2 Å². The normalized spacial score (nSPS) is 20.3. The lowest BCUT2D eigenvalue weighted by Crippen LogP contribution is -2.44. The lowest BCUT2D eigenvalue weighted by atomic mass is 9.90. The van der Waals surface area contributed by atoms with Crippen molar-refractivity contribution in [1.82, 2.24) is 15.2 Å². The third-order valence-electron chi connectivity index (χ3n) is 7.59. The van der Waals surface area contributed by atoms with Gasteiger partial charge in [-0.05, 0) is 70.7 Å². The van der Waals surface area contributed by atoms with Gasteiger partial charge < -0.3 is 29.4 Å². The van der Waals surface area contributed by atoms with Crippen LogP contribution in [0.1, 0.15) is 52.9 Å². The van der Waals surface area contributed by atoms with Crippen LogP contribution in [0.4, 0.5) is 0 Å². The van der Waals surface area contributed by atoms with Gasteiger partial charge in [-0.2, -0.15) is 0 Å². The summed E-state index contributed by atoms with van der Waals surface area (Å²) >= 11 is 6.51. The first kappa shape index (κ1) is 25.0. The Balaban J connectivity index is 1.28. The number of carbonyl (C=O) groups excluding carboxylic acids is 1. The minimum absolute atomic E-state index is 0.0190. The molecule has 1 atom stereocenters. The summed E-state index contributed by atoms with van der Waals surface area (Å²) < 4.78 is 17.8. The third kappa shape index (κ3) is 5.20. The summed E-state index contributed by atoms with van der Waals surface area (Å²) in [5, 5.41) is 3.16. The Kier molecular flexibility index (Phi) is 7.17. The van der Waals surface area contributed by atoms with Crippen LogP contribution in [0, 0.1) is 25.7 Å². The molecule has 1 aliphatic carbocycles. The molecule has 3 aliphatic rings. The van der Waals surface area contributed by atoms with Gasteiger partial charge in [-0.3, -0.25) is 9.59 Å². The fraction of sp³-hybridized carbons (Fsp3) is 0.556. The molecule has 2 fully saturated rings. The van der Waals surface area contributed by atoms with Gasteiger partial charge in [0.25, 0.3) is 11.5 Å². The number of benzene rings is 1. The lowest BCUT2D eigenvalue weighted by molar-refractivity contribution is 0.0195. The molecule has 1 aromatic carbocycles. The van der Waals surface area contributed by atoms with Gasteiger partial charge in [-0.25, -0.2) is 0 Å². The van der Waals surface area contributed by atoms with Crippen molar-refractivity contribution in [2.24, 2.45) is 11.8 Å². The van der Waals surface area contributed by atoms with Crippen molar-refractivity contribution in [2.75, 3.05) is 33.4 Å². The molecule has 1 amide bonds. The Morgan fingerprint density at radius 1 is 1.19 bits per heavy atom. The van der Waals surface area contributed by atoms with Gasteiger partial charge in [0.15, 0.2) is 11.5 Å². The first-order valence-electron chi connectivity index (χ1n) is 12.7. The van der Waals surface area contributed by atoms with Crippen LogP contribution in [-0.2, 0) is 6.54 Å². The number of fused-ring (bicyclic) bond motifs is 1. The number of piperidine rings is 1. The number of nitrogens with zero attached hydrogens (tertiary/aromatic N) is 1. The predicted octanol–water partition coefficient (Wildman–Crippen LogP) is 3.85. The number of amides is 1. The van der Waals surface area contributed by atoms with E-state index in [1.807, 2.05) is 6.92 Å². The fourth-order valence-electron chi connectivity index (χ4n) is 5.27. The molecule has 36 heavy (non-hydrogen) atoms. The first-order chi connectivity index (χ1) is 17.3. The molecule has 2 aliphatic heterocycles. The Bertz CT molecular complexity index is 1200. The molecule has 2 aromatic rings. The number of aryl methyl sites for hydroxylation is 1. The largest absolute Gasteiger partial charge is 0.496 e. The highest BCUT2D eigenvalue weighted by Crippen LogP contribution is 2.44. The molecule has 194 valence electrons. The molecule has 5 rings (SSSR count). The van der Waals surface area contributed by atoms with Gasteiger partial charge in [0.1, 0.15) is 18.5 Å². The van der Waals surface area contributed by atoms with Crippen LogP contribution in [-0.4, -0.2) is 55.2 Å². The number of aromatic amines is 1. The number of halogens is 1. The fourth-order valence-corrected chi connectivity index (χ4v) is 5.52. The molecule has 0 radical (unpaired) electrons. The second-order valence-electron chi connectivity index (χ2n) is 10.2. The summed E-state index contributed by atoms with van der Waals surface area (Å²) in [4.78, 5) is 30.9. The van der Waals surface area contributed by atoms with Crippen LogP contribution in [0.3, 0.4) is 0 Å². The number of nitrogens with one attached hydrogen (secondary N) is 2. The monoisotopic (exact) mass is 515 g/mol. The molecule has 1 saturated heterocycles. The van der Waals surface area contributed by atoms with Crippen molar-refractivity contribution in [3.63, 3.8) is 0 Å². The Hall–Kier alpha value is -2.71. The lowest BCUT2D eigenvalue weighted by Gasteiger charge is -2.38. The van der Waals surface area contributed by atoms with Gasteiger partial charge in [0.05, 0.1) is 24.2 Å². The summed E-state index contributed by atoms with van der Waals surface area (Å²) in [7, 11) is 1.50. The minimum Gasteiger partial charge on any atom is -0.496 e. The number of methoxy groups -OCH3 is 1. The van der Waals surface area contributed by atoms with Gasteiger partial charge in [-0.15, -0.1) is 0 Å². The number of carbonyl (C=O) groups is 1. The standard InChI is InChI=1S/C27H34ClN3O5/c1-15-10-22(34-3)20(27(33)30-15)12-29-26(32)19-11-21(28)25-24(16(19)2)36-23(14-35-25)18-6-8-31(9-7-18)13-17-4-5-17/h10-11,17-18,23H,4-9,12-14H2,1-3H3,(H,29,32)(H,30,33). The predicted molar refractivity (Wildman–Crippen MR) is 138 cm³/mol. The number of hydrogen-bond donors (Lipinski definition) is 2. The van der Waals surface area contributed by atoms with Crippen LogP contribution in [0.5, 0.6) is 17.2 Å². The second kappa shape index (κ2) is 10.3. The number of rotatable bonds is 7. The van der Waals surface area contributed by atoms with E-state index in [1.165, 1.54) is 26.5 Å². The van der Waals surface area contributed by atoms with E-state index in [-0.39, 0.29) is 24.1 Å². The third-order valence-corrected chi connectivity index (χ3v) is 7.87. The number of ether oxygens (including phenoxy) is 3. The smallest absolute Gasteiger partial charge is 0.256 e. The van der Waals surface area contributed by atoms with Crippen LogP contribution in [0.2, 0.25) is 5.02 Å². The van der Waals surface area contributed by atoms with E-state index in [2.05, 4.69) is 15.2 Å². The second-order valence-corrected chi connectivity index (χ2v) is 10.7. The van der Waals surface area contributed by atoms with Crippen LogP contribution in [0.25, 0.3) is 0 Å². The summed E-state index contributed by atoms with van der Waals surface area (Å²) in [6.07, 6.45) is 4.85. The van der Waals surface area contributed by atoms with Crippen molar-refractivity contribution >= 4 is 17.5 Å². The van der Waals surface area contributed by atoms with Crippen LogP contribution in [0.15, 0.2) is 16.9 Å². The molecule has 1 saturated carbocycles. The molecule has 1 aromatic heterocycles. The van der Waals surface area contributed by atoms with Crippen molar-refractivity contribution in [1.29, 1.82) is 0 Å². The number of likely N-dealkylation sites (tertiary alicyclic amines) is 1. The Morgan fingerprint density at radius 2 is 1.94 bits per heavy atom.